The van der Waals surface area contributed by atoms with Crippen LogP contribution in [0.4, 0.5) is 0 Å². The average molecular weight is 623 g/mol. The molecule has 2 unspecified atom stereocenters. The van der Waals surface area contributed by atoms with Gasteiger partial charge in [-0.05, 0) is 47.5 Å². The van der Waals surface area contributed by atoms with Crippen LogP contribution in [0.15, 0.2) is 146 Å². The summed E-state index contributed by atoms with van der Waals surface area (Å²) < 4.78 is 10.5. The summed E-state index contributed by atoms with van der Waals surface area (Å²) in [6.45, 7) is 0. The molecule has 2 nitrogen and oxygen atoms in total. The molecule has 0 bridgehead atoms. The number of nitrogens with zero attached hydrogens (tertiary/aromatic N) is 2. The van der Waals surface area contributed by atoms with E-state index in [4.69, 9.17) is 0 Å². The number of aromatic nitrogens is 2. The van der Waals surface area contributed by atoms with Gasteiger partial charge < -0.3 is 0 Å². The fourth-order valence-corrected chi connectivity index (χ4v) is 10.8. The molecule has 9 aromatic rings. The van der Waals surface area contributed by atoms with Crippen LogP contribution < -0.4 is 9.13 Å². The minimum atomic E-state index is 0.155. The van der Waals surface area contributed by atoms with E-state index in [1.807, 2.05) is 22.7 Å². The zero-order valence-corrected chi connectivity index (χ0v) is 26.4. The molecule has 0 saturated heterocycles. The molecule has 214 valence electrons. The van der Waals surface area contributed by atoms with Crippen molar-refractivity contribution in [3.05, 3.63) is 157 Å². The van der Waals surface area contributed by atoms with E-state index >= 15 is 0 Å². The molecular weight excluding hydrogens is 597 g/mol. The molecular formula is C42H26N2S2+2. The Morgan fingerprint density at radius 3 is 1.83 bits per heavy atom. The van der Waals surface area contributed by atoms with Crippen LogP contribution in [0.3, 0.4) is 0 Å². The van der Waals surface area contributed by atoms with E-state index in [0.717, 1.165) is 0 Å². The van der Waals surface area contributed by atoms with E-state index in [1.54, 1.807) is 0 Å². The maximum absolute atomic E-state index is 2.54. The maximum Gasteiger partial charge on any atom is 0.250 e. The number of rotatable bonds is 1. The molecule has 4 heteroatoms. The Labute approximate surface area is 273 Å². The first-order chi connectivity index (χ1) is 22.8. The van der Waals surface area contributed by atoms with Crippen LogP contribution in [0.25, 0.3) is 74.0 Å². The lowest BCUT2D eigenvalue weighted by atomic mass is 9.79. The normalized spacial score (nSPS) is 16.3. The summed E-state index contributed by atoms with van der Waals surface area (Å²) in [5, 5.41) is 5.47. The smallest absolute Gasteiger partial charge is 0.184 e. The van der Waals surface area contributed by atoms with Gasteiger partial charge in [0.1, 0.15) is 0 Å². The van der Waals surface area contributed by atoms with Gasteiger partial charge in [0, 0.05) is 75.7 Å². The minimum Gasteiger partial charge on any atom is -0.184 e. The maximum atomic E-state index is 2.54. The molecule has 2 atom stereocenters. The highest BCUT2D eigenvalue weighted by atomic mass is 32.1. The zero-order valence-electron chi connectivity index (χ0n) is 24.7. The monoisotopic (exact) mass is 622 g/mol. The van der Waals surface area contributed by atoms with Crippen LogP contribution >= 0.6 is 22.7 Å². The van der Waals surface area contributed by atoms with Crippen LogP contribution in [-0.2, 0) is 0 Å². The third-order valence-electron chi connectivity index (χ3n) is 10.2. The number of thiophene rings is 2. The number of hydrogen-bond donors (Lipinski definition) is 0. The van der Waals surface area contributed by atoms with Crippen molar-refractivity contribution in [3.63, 3.8) is 0 Å². The van der Waals surface area contributed by atoms with Gasteiger partial charge in [0.25, 0.3) is 0 Å². The highest BCUT2D eigenvalue weighted by Crippen LogP contribution is 2.50. The first-order valence-electron chi connectivity index (χ1n) is 15.8. The number of pyridine rings is 2. The van der Waals surface area contributed by atoms with E-state index in [2.05, 4.69) is 155 Å². The highest BCUT2D eigenvalue weighted by molar-refractivity contribution is 7.30. The van der Waals surface area contributed by atoms with Gasteiger partial charge in [-0.25, -0.2) is 0 Å². The second-order valence-electron chi connectivity index (χ2n) is 12.5. The van der Waals surface area contributed by atoms with Crippen molar-refractivity contribution in [2.45, 2.75) is 12.1 Å². The van der Waals surface area contributed by atoms with Crippen LogP contribution in [0.2, 0.25) is 0 Å². The molecule has 0 fully saturated rings. The van der Waals surface area contributed by atoms with Crippen molar-refractivity contribution in [2.75, 3.05) is 0 Å². The van der Waals surface area contributed by atoms with Crippen LogP contribution in [0.5, 0.6) is 0 Å². The lowest BCUT2D eigenvalue weighted by Gasteiger charge is -2.32. The van der Waals surface area contributed by atoms with Gasteiger partial charge in [0.2, 0.25) is 23.5 Å². The zero-order chi connectivity index (χ0) is 29.9. The SMILES string of the molecule is c1ccc2c(c1)-c1cc(-c3cc4sc5ccccc5c4c4sc5ccccc5c34)cc[n+]1C1c3ccccc3-c3cccc[n+]3C21. The molecule has 5 aromatic carbocycles. The van der Waals surface area contributed by atoms with Crippen molar-refractivity contribution in [3.8, 4) is 33.6 Å². The second-order valence-corrected chi connectivity index (χ2v) is 14.6. The van der Waals surface area contributed by atoms with Gasteiger partial charge in [-0.3, -0.25) is 0 Å². The second kappa shape index (κ2) is 9.20. The fraction of sp³-hybridized carbons (Fsp3) is 0.0476. The first-order valence-corrected chi connectivity index (χ1v) is 17.5. The number of hydrogen-bond acceptors (Lipinski definition) is 2. The molecule has 0 spiro atoms. The quantitative estimate of drug-likeness (QED) is 0.161. The minimum absolute atomic E-state index is 0.155. The molecule has 4 aromatic heterocycles. The van der Waals surface area contributed by atoms with Gasteiger partial charge in [0.15, 0.2) is 12.4 Å². The highest BCUT2D eigenvalue weighted by Gasteiger charge is 2.51. The molecule has 6 heterocycles. The largest absolute Gasteiger partial charge is 0.250 e. The first kappa shape index (κ1) is 25.1. The number of benzene rings is 5. The van der Waals surface area contributed by atoms with E-state index in [-0.39, 0.29) is 12.1 Å². The third-order valence-corrected chi connectivity index (χ3v) is 12.5. The van der Waals surface area contributed by atoms with E-state index in [0.29, 0.717) is 0 Å². The Hall–Kier alpha value is -5.16. The Kier molecular flexibility index (Phi) is 5.01. The number of fused-ring (bicyclic) bond motifs is 18. The summed E-state index contributed by atoms with van der Waals surface area (Å²) >= 11 is 3.85. The summed E-state index contributed by atoms with van der Waals surface area (Å²) in [6.07, 6.45) is 4.62. The molecule has 2 aliphatic heterocycles. The fourth-order valence-electron chi connectivity index (χ4n) is 8.31. The Balaban J connectivity index is 1.22. The van der Waals surface area contributed by atoms with Crippen molar-refractivity contribution in [1.82, 2.24) is 0 Å². The molecule has 0 amide bonds. The molecule has 0 aliphatic carbocycles. The van der Waals surface area contributed by atoms with Gasteiger partial charge in [-0.1, -0.05) is 72.8 Å². The Morgan fingerprint density at radius 2 is 1.04 bits per heavy atom. The molecule has 46 heavy (non-hydrogen) atoms. The summed E-state index contributed by atoms with van der Waals surface area (Å²) in [7, 11) is 0. The molecule has 0 saturated carbocycles. The van der Waals surface area contributed by atoms with Gasteiger partial charge in [-0.2, -0.15) is 9.13 Å². The molecule has 0 radical (unpaired) electrons. The van der Waals surface area contributed by atoms with Crippen molar-refractivity contribution in [1.29, 1.82) is 0 Å². The van der Waals surface area contributed by atoms with Crippen LogP contribution in [0, 0.1) is 0 Å². The standard InChI is InChI=1S/C42H26N2S2/c1-3-13-28-26(11-1)33-17-9-10-21-43(33)40-29-14-4-2-12-27(29)34-23-25(20-22-44(34)41(28)40)32-24-37-39(31-16-6-7-18-35(31)45-37)42-38(32)30-15-5-8-19-36(30)46-42/h1-24,40-41H/q+2. The molecule has 11 rings (SSSR count). The van der Waals surface area contributed by atoms with Gasteiger partial charge in [-0.15, -0.1) is 22.7 Å². The Bertz CT molecular complexity index is 2730. The predicted molar refractivity (Wildman–Crippen MR) is 192 cm³/mol. The van der Waals surface area contributed by atoms with Gasteiger partial charge >= 0.3 is 0 Å². The molecule has 0 N–H and O–H groups in total. The third kappa shape index (κ3) is 3.25. The lowest BCUT2D eigenvalue weighted by Crippen LogP contribution is -2.59. The summed E-state index contributed by atoms with van der Waals surface area (Å²) in [6, 6.07) is 50.1. The average Bonchev–Trinajstić information content (AvgIpc) is 3.69. The predicted octanol–water partition coefficient (Wildman–Crippen LogP) is 10.5. The van der Waals surface area contributed by atoms with E-state index in [9.17, 15) is 0 Å². The van der Waals surface area contributed by atoms with Crippen molar-refractivity contribution < 1.29 is 9.13 Å². The van der Waals surface area contributed by atoms with Crippen molar-refractivity contribution in [2.24, 2.45) is 0 Å². The van der Waals surface area contributed by atoms with E-state index < -0.39 is 0 Å². The Morgan fingerprint density at radius 1 is 0.435 bits per heavy atom. The van der Waals surface area contributed by atoms with Crippen molar-refractivity contribution >= 4 is 63.0 Å². The van der Waals surface area contributed by atoms with Gasteiger partial charge in [0.05, 0.1) is 11.1 Å². The van der Waals surface area contributed by atoms with Crippen LogP contribution in [0.1, 0.15) is 23.2 Å². The summed E-state index contributed by atoms with van der Waals surface area (Å²) in [4.78, 5) is 0. The van der Waals surface area contributed by atoms with E-state index in [1.165, 1.54) is 85.1 Å². The summed E-state index contributed by atoms with van der Waals surface area (Å²) in [5.41, 5.74) is 10.5. The topological polar surface area (TPSA) is 7.76 Å². The summed E-state index contributed by atoms with van der Waals surface area (Å²) in [5.74, 6) is 0. The lowest BCUT2D eigenvalue weighted by molar-refractivity contribution is -0.799. The van der Waals surface area contributed by atoms with Crippen LogP contribution in [-0.4, -0.2) is 0 Å². The molecule has 2 aliphatic rings.